The Morgan fingerprint density at radius 2 is 1.96 bits per heavy atom. The number of benzene rings is 2. The van der Waals surface area contributed by atoms with Gasteiger partial charge in [-0.25, -0.2) is 4.79 Å². The Bertz CT molecular complexity index is 772. The van der Waals surface area contributed by atoms with Crippen LogP contribution in [0.5, 0.6) is 0 Å². The molecular weight excluding hydrogens is 314 g/mol. The zero-order chi connectivity index (χ0) is 18.0. The average Bonchev–Trinajstić information content (AvgIpc) is 2.59. The standard InChI is InChI=1S/C20H25N3O2/c1-14-11-18(21)16-9-10-23(12-17(16)19(14)22(2)3)20(24)25-13-15-7-5-4-6-8-15/h4-8,11H,9-10,12-13,21H2,1-3H3. The van der Waals surface area contributed by atoms with Gasteiger partial charge in [-0.05, 0) is 36.1 Å². The SMILES string of the molecule is Cc1cc(N)c2c(c1N(C)C)CN(C(=O)OCc1ccccc1)CC2. The number of rotatable bonds is 3. The third-order valence-electron chi connectivity index (χ3n) is 4.64. The fourth-order valence-corrected chi connectivity index (χ4v) is 3.52. The van der Waals surface area contributed by atoms with Gasteiger partial charge >= 0.3 is 6.09 Å². The minimum Gasteiger partial charge on any atom is -0.445 e. The number of aryl methyl sites for hydroxylation is 1. The van der Waals surface area contributed by atoms with Crippen LogP contribution in [-0.2, 0) is 24.3 Å². The van der Waals surface area contributed by atoms with Crippen molar-refractivity contribution in [2.24, 2.45) is 0 Å². The zero-order valence-corrected chi connectivity index (χ0v) is 15.1. The molecule has 1 amide bonds. The Kier molecular flexibility index (Phi) is 4.83. The summed E-state index contributed by atoms with van der Waals surface area (Å²) < 4.78 is 5.49. The smallest absolute Gasteiger partial charge is 0.410 e. The van der Waals surface area contributed by atoms with Gasteiger partial charge in [-0.2, -0.15) is 0 Å². The lowest BCUT2D eigenvalue weighted by atomic mass is 9.93. The summed E-state index contributed by atoms with van der Waals surface area (Å²) in [7, 11) is 4.04. The number of carbonyl (C=O) groups is 1. The summed E-state index contributed by atoms with van der Waals surface area (Å²) in [5, 5.41) is 0. The molecule has 2 aromatic carbocycles. The fourth-order valence-electron chi connectivity index (χ4n) is 3.52. The van der Waals surface area contributed by atoms with Gasteiger partial charge in [0, 0.05) is 37.6 Å². The van der Waals surface area contributed by atoms with Crippen molar-refractivity contribution in [3.05, 3.63) is 58.7 Å². The van der Waals surface area contributed by atoms with E-state index in [1.807, 2.05) is 50.5 Å². The van der Waals surface area contributed by atoms with E-state index >= 15 is 0 Å². The van der Waals surface area contributed by atoms with Crippen LogP contribution in [0.2, 0.25) is 0 Å². The molecule has 0 atom stereocenters. The molecule has 5 nitrogen and oxygen atoms in total. The summed E-state index contributed by atoms with van der Waals surface area (Å²) in [5.74, 6) is 0. The first-order valence-electron chi connectivity index (χ1n) is 8.51. The van der Waals surface area contributed by atoms with Gasteiger partial charge in [0.25, 0.3) is 0 Å². The summed E-state index contributed by atoms with van der Waals surface area (Å²) in [5.41, 5.74) is 12.6. The molecule has 0 aromatic heterocycles. The minimum absolute atomic E-state index is 0.278. The molecule has 1 aliphatic heterocycles. The van der Waals surface area contributed by atoms with E-state index in [0.29, 0.717) is 19.7 Å². The third kappa shape index (κ3) is 3.55. The van der Waals surface area contributed by atoms with Crippen molar-refractivity contribution < 1.29 is 9.53 Å². The fraction of sp³-hybridized carbons (Fsp3) is 0.350. The Morgan fingerprint density at radius 1 is 1.24 bits per heavy atom. The first-order chi connectivity index (χ1) is 12.0. The molecule has 2 N–H and O–H groups in total. The van der Waals surface area contributed by atoms with Crippen molar-refractivity contribution in [1.29, 1.82) is 0 Å². The zero-order valence-electron chi connectivity index (χ0n) is 15.1. The molecular formula is C20H25N3O2. The monoisotopic (exact) mass is 339 g/mol. The van der Waals surface area contributed by atoms with E-state index in [0.717, 1.165) is 40.0 Å². The van der Waals surface area contributed by atoms with Crippen LogP contribution in [0, 0.1) is 6.92 Å². The van der Waals surface area contributed by atoms with Crippen LogP contribution >= 0.6 is 0 Å². The third-order valence-corrected chi connectivity index (χ3v) is 4.64. The largest absolute Gasteiger partial charge is 0.445 e. The van der Waals surface area contributed by atoms with Gasteiger partial charge in [-0.15, -0.1) is 0 Å². The molecule has 0 saturated heterocycles. The number of ether oxygens (including phenoxy) is 1. The summed E-state index contributed by atoms with van der Waals surface area (Å²) >= 11 is 0. The highest BCUT2D eigenvalue weighted by Crippen LogP contribution is 2.35. The highest BCUT2D eigenvalue weighted by Gasteiger charge is 2.27. The number of fused-ring (bicyclic) bond motifs is 1. The van der Waals surface area contributed by atoms with Crippen molar-refractivity contribution in [1.82, 2.24) is 4.90 Å². The molecule has 3 rings (SSSR count). The lowest BCUT2D eigenvalue weighted by Gasteiger charge is -2.33. The molecule has 2 aromatic rings. The van der Waals surface area contributed by atoms with Crippen molar-refractivity contribution in [2.45, 2.75) is 26.5 Å². The van der Waals surface area contributed by atoms with Gasteiger partial charge in [-0.3, -0.25) is 0 Å². The number of hydrogen-bond acceptors (Lipinski definition) is 4. The van der Waals surface area contributed by atoms with Crippen LogP contribution < -0.4 is 10.6 Å². The van der Waals surface area contributed by atoms with Crippen LogP contribution in [0.25, 0.3) is 0 Å². The molecule has 132 valence electrons. The van der Waals surface area contributed by atoms with E-state index in [1.165, 1.54) is 0 Å². The van der Waals surface area contributed by atoms with Gasteiger partial charge in [0.2, 0.25) is 0 Å². The second kappa shape index (κ2) is 7.05. The van der Waals surface area contributed by atoms with Crippen LogP contribution in [-0.4, -0.2) is 31.6 Å². The van der Waals surface area contributed by atoms with Gasteiger partial charge in [0.15, 0.2) is 0 Å². The molecule has 5 heteroatoms. The van der Waals surface area contributed by atoms with Crippen molar-refractivity contribution in [3.8, 4) is 0 Å². The first kappa shape index (κ1) is 17.1. The lowest BCUT2D eigenvalue weighted by Crippen LogP contribution is -2.37. The summed E-state index contributed by atoms with van der Waals surface area (Å²) in [4.78, 5) is 16.3. The van der Waals surface area contributed by atoms with E-state index in [2.05, 4.69) is 11.8 Å². The van der Waals surface area contributed by atoms with Crippen LogP contribution in [0.4, 0.5) is 16.2 Å². The number of hydrogen-bond donors (Lipinski definition) is 1. The van der Waals surface area contributed by atoms with Gasteiger partial charge in [0.05, 0.1) is 6.54 Å². The maximum Gasteiger partial charge on any atom is 0.410 e. The summed E-state index contributed by atoms with van der Waals surface area (Å²) in [6, 6.07) is 11.8. The second-order valence-electron chi connectivity index (χ2n) is 6.69. The minimum atomic E-state index is -0.278. The average molecular weight is 339 g/mol. The topological polar surface area (TPSA) is 58.8 Å². The van der Waals surface area contributed by atoms with Crippen molar-refractivity contribution in [2.75, 3.05) is 31.3 Å². The first-order valence-corrected chi connectivity index (χ1v) is 8.51. The predicted octanol–water partition coefficient (Wildman–Crippen LogP) is 3.34. The molecule has 0 saturated carbocycles. The van der Waals surface area contributed by atoms with Gasteiger partial charge < -0.3 is 20.3 Å². The number of amides is 1. The second-order valence-corrected chi connectivity index (χ2v) is 6.69. The number of nitrogens with two attached hydrogens (primary N) is 1. The predicted molar refractivity (Wildman–Crippen MR) is 101 cm³/mol. The lowest BCUT2D eigenvalue weighted by molar-refractivity contribution is 0.0919. The number of nitrogen functional groups attached to an aromatic ring is 1. The number of anilines is 2. The molecule has 0 unspecified atom stereocenters. The van der Waals surface area contributed by atoms with Crippen LogP contribution in [0.3, 0.4) is 0 Å². The van der Waals surface area contributed by atoms with Gasteiger partial charge in [-0.1, -0.05) is 30.3 Å². The molecule has 0 radical (unpaired) electrons. The van der Waals surface area contributed by atoms with E-state index in [9.17, 15) is 4.79 Å². The quantitative estimate of drug-likeness (QED) is 0.872. The van der Waals surface area contributed by atoms with Crippen LogP contribution in [0.1, 0.15) is 22.3 Å². The molecule has 0 bridgehead atoms. The maximum absolute atomic E-state index is 12.5. The van der Waals surface area contributed by atoms with Crippen molar-refractivity contribution >= 4 is 17.5 Å². The molecule has 1 heterocycles. The Hall–Kier alpha value is -2.69. The normalized spacial score (nSPS) is 13.3. The number of carbonyl (C=O) groups excluding carboxylic acids is 1. The highest BCUT2D eigenvalue weighted by atomic mass is 16.6. The highest BCUT2D eigenvalue weighted by molar-refractivity contribution is 5.73. The number of nitrogens with zero attached hydrogens (tertiary/aromatic N) is 2. The van der Waals surface area contributed by atoms with E-state index < -0.39 is 0 Å². The Balaban J connectivity index is 1.77. The molecule has 0 spiro atoms. The summed E-state index contributed by atoms with van der Waals surface area (Å²) in [6.45, 7) is 3.50. The molecule has 1 aliphatic rings. The maximum atomic E-state index is 12.5. The Labute approximate surface area is 149 Å². The molecule has 0 fully saturated rings. The van der Waals surface area contributed by atoms with E-state index in [1.54, 1.807) is 4.90 Å². The van der Waals surface area contributed by atoms with E-state index in [-0.39, 0.29) is 6.09 Å². The Morgan fingerprint density at radius 3 is 2.64 bits per heavy atom. The van der Waals surface area contributed by atoms with Crippen molar-refractivity contribution in [3.63, 3.8) is 0 Å². The van der Waals surface area contributed by atoms with Gasteiger partial charge in [0.1, 0.15) is 6.61 Å². The summed E-state index contributed by atoms with van der Waals surface area (Å²) in [6.07, 6.45) is 0.474. The molecule has 25 heavy (non-hydrogen) atoms. The molecule has 0 aliphatic carbocycles. The van der Waals surface area contributed by atoms with E-state index in [4.69, 9.17) is 10.5 Å². The van der Waals surface area contributed by atoms with Crippen LogP contribution in [0.15, 0.2) is 36.4 Å².